The zero-order chi connectivity index (χ0) is 19.3. The molecule has 0 aliphatic carbocycles. The summed E-state index contributed by atoms with van der Waals surface area (Å²) < 4.78 is 7.09. The van der Waals surface area contributed by atoms with Crippen LogP contribution in [0.25, 0.3) is 11.3 Å². The van der Waals surface area contributed by atoms with Crippen molar-refractivity contribution in [2.45, 2.75) is 0 Å². The summed E-state index contributed by atoms with van der Waals surface area (Å²) >= 11 is 0. The number of rotatable bonds is 5. The monoisotopic (exact) mass is 371 g/mol. The first-order valence-electron chi connectivity index (χ1n) is 8.65. The molecule has 2 heterocycles. The minimum absolute atomic E-state index is 0.205. The Kier molecular flexibility index (Phi) is 4.79. The molecule has 0 saturated carbocycles. The highest BCUT2D eigenvalue weighted by molar-refractivity contribution is 6.03. The van der Waals surface area contributed by atoms with Gasteiger partial charge in [-0.05, 0) is 18.2 Å². The van der Waals surface area contributed by atoms with Gasteiger partial charge in [-0.2, -0.15) is 5.10 Å². The molecule has 4 aromatic rings. The first-order chi connectivity index (χ1) is 13.7. The van der Waals surface area contributed by atoms with Crippen molar-refractivity contribution in [1.82, 2.24) is 19.7 Å². The Morgan fingerprint density at radius 2 is 1.61 bits per heavy atom. The van der Waals surface area contributed by atoms with E-state index in [4.69, 9.17) is 4.74 Å². The van der Waals surface area contributed by atoms with Crippen LogP contribution in [0, 0.1) is 0 Å². The molecule has 138 valence electrons. The van der Waals surface area contributed by atoms with Crippen molar-refractivity contribution in [2.24, 2.45) is 7.05 Å². The fraction of sp³-hybridized carbons (Fsp3) is 0.0476. The van der Waals surface area contributed by atoms with Crippen molar-refractivity contribution in [2.75, 3.05) is 5.32 Å². The first-order valence-corrected chi connectivity index (χ1v) is 8.65. The minimum Gasteiger partial charge on any atom is -0.424 e. The predicted molar refractivity (Wildman–Crippen MR) is 105 cm³/mol. The van der Waals surface area contributed by atoms with Crippen LogP contribution < -0.4 is 10.1 Å². The summed E-state index contributed by atoms with van der Waals surface area (Å²) in [5.41, 5.74) is 2.58. The van der Waals surface area contributed by atoms with Crippen LogP contribution >= 0.6 is 0 Å². The number of ether oxygens (including phenoxy) is 1. The van der Waals surface area contributed by atoms with Gasteiger partial charge in [0.25, 0.3) is 5.91 Å². The van der Waals surface area contributed by atoms with Crippen molar-refractivity contribution < 1.29 is 9.53 Å². The SMILES string of the molecule is Cn1nc(-c2ccccc2)cc1C(=O)Nc1cnc(Oc2ccccc2)nc1. The van der Waals surface area contributed by atoms with Gasteiger partial charge in [-0.15, -0.1) is 0 Å². The van der Waals surface area contributed by atoms with Gasteiger partial charge in [-0.1, -0.05) is 48.5 Å². The fourth-order valence-electron chi connectivity index (χ4n) is 2.65. The van der Waals surface area contributed by atoms with Crippen molar-refractivity contribution in [1.29, 1.82) is 0 Å². The molecule has 2 aromatic carbocycles. The van der Waals surface area contributed by atoms with E-state index in [9.17, 15) is 4.79 Å². The van der Waals surface area contributed by atoms with Crippen molar-refractivity contribution in [3.05, 3.63) is 84.8 Å². The van der Waals surface area contributed by atoms with E-state index in [0.717, 1.165) is 11.3 Å². The zero-order valence-electron chi connectivity index (χ0n) is 15.1. The molecule has 0 atom stereocenters. The van der Waals surface area contributed by atoms with Gasteiger partial charge < -0.3 is 10.1 Å². The summed E-state index contributed by atoms with van der Waals surface area (Å²) in [6.45, 7) is 0. The Hall–Kier alpha value is -4.00. The number of benzene rings is 2. The van der Waals surface area contributed by atoms with Gasteiger partial charge in [0.15, 0.2) is 0 Å². The lowest BCUT2D eigenvalue weighted by atomic mass is 10.1. The number of amides is 1. The first kappa shape index (κ1) is 17.4. The molecule has 7 nitrogen and oxygen atoms in total. The third-order valence-corrected chi connectivity index (χ3v) is 4.02. The second-order valence-corrected chi connectivity index (χ2v) is 6.03. The summed E-state index contributed by atoms with van der Waals surface area (Å²) in [6, 6.07) is 20.9. The molecule has 0 bridgehead atoms. The number of aryl methyl sites for hydroxylation is 1. The van der Waals surface area contributed by atoms with Crippen LogP contribution in [-0.2, 0) is 7.05 Å². The van der Waals surface area contributed by atoms with Crippen molar-refractivity contribution in [3.63, 3.8) is 0 Å². The summed E-state index contributed by atoms with van der Waals surface area (Å²) in [5, 5.41) is 7.18. The normalized spacial score (nSPS) is 10.5. The lowest BCUT2D eigenvalue weighted by molar-refractivity contribution is 0.101. The molecular formula is C21H17N5O2. The van der Waals surface area contributed by atoms with Gasteiger partial charge in [0.1, 0.15) is 11.4 Å². The summed E-state index contributed by atoms with van der Waals surface area (Å²) in [7, 11) is 1.73. The number of carbonyl (C=O) groups excluding carboxylic acids is 1. The molecule has 2 aromatic heterocycles. The van der Waals surface area contributed by atoms with E-state index in [0.29, 0.717) is 17.1 Å². The highest BCUT2D eigenvalue weighted by atomic mass is 16.5. The third kappa shape index (κ3) is 3.88. The minimum atomic E-state index is -0.294. The van der Waals surface area contributed by atoms with Gasteiger partial charge in [-0.25, -0.2) is 9.97 Å². The Morgan fingerprint density at radius 3 is 2.29 bits per heavy atom. The van der Waals surface area contributed by atoms with E-state index in [1.807, 2.05) is 60.7 Å². The smallest absolute Gasteiger partial charge is 0.322 e. The van der Waals surface area contributed by atoms with E-state index in [2.05, 4.69) is 20.4 Å². The molecule has 0 fully saturated rings. The third-order valence-electron chi connectivity index (χ3n) is 4.02. The number of para-hydroxylation sites is 1. The van der Waals surface area contributed by atoms with E-state index in [1.54, 1.807) is 17.8 Å². The van der Waals surface area contributed by atoms with Crippen LogP contribution in [0.1, 0.15) is 10.5 Å². The van der Waals surface area contributed by atoms with Crippen LogP contribution in [0.15, 0.2) is 79.1 Å². The second kappa shape index (κ2) is 7.71. The van der Waals surface area contributed by atoms with E-state index in [1.165, 1.54) is 12.4 Å². The van der Waals surface area contributed by atoms with Crippen molar-refractivity contribution >= 4 is 11.6 Å². The summed E-state index contributed by atoms with van der Waals surface area (Å²) in [4.78, 5) is 20.8. The molecule has 0 spiro atoms. The number of aromatic nitrogens is 4. The fourth-order valence-corrected chi connectivity index (χ4v) is 2.65. The highest BCUT2D eigenvalue weighted by Crippen LogP contribution is 2.20. The molecule has 0 radical (unpaired) electrons. The average Bonchev–Trinajstić information content (AvgIpc) is 3.13. The maximum atomic E-state index is 12.6. The largest absolute Gasteiger partial charge is 0.424 e. The molecule has 0 saturated heterocycles. The van der Waals surface area contributed by atoms with Gasteiger partial charge in [-0.3, -0.25) is 9.48 Å². The topological polar surface area (TPSA) is 81.9 Å². The number of nitrogens with zero attached hydrogens (tertiary/aromatic N) is 4. The molecule has 7 heteroatoms. The lowest BCUT2D eigenvalue weighted by Crippen LogP contribution is -2.16. The summed E-state index contributed by atoms with van der Waals surface area (Å²) in [5.74, 6) is 0.347. The Morgan fingerprint density at radius 1 is 0.964 bits per heavy atom. The second-order valence-electron chi connectivity index (χ2n) is 6.03. The number of anilines is 1. The van der Waals surface area contributed by atoms with Gasteiger partial charge in [0.05, 0.1) is 23.8 Å². The number of carbonyl (C=O) groups is 1. The molecular weight excluding hydrogens is 354 g/mol. The van der Waals surface area contributed by atoms with Crippen LogP contribution in [0.5, 0.6) is 11.8 Å². The Balaban J connectivity index is 1.46. The van der Waals surface area contributed by atoms with Gasteiger partial charge >= 0.3 is 6.01 Å². The van der Waals surface area contributed by atoms with E-state index < -0.39 is 0 Å². The Bertz CT molecular complexity index is 1080. The molecule has 1 N–H and O–H groups in total. The average molecular weight is 371 g/mol. The molecule has 1 amide bonds. The molecule has 4 rings (SSSR count). The Labute approximate surface area is 161 Å². The quantitative estimate of drug-likeness (QED) is 0.575. The molecule has 0 aliphatic heterocycles. The predicted octanol–water partition coefficient (Wildman–Crippen LogP) is 3.92. The molecule has 0 aliphatic rings. The summed E-state index contributed by atoms with van der Waals surface area (Å²) in [6.07, 6.45) is 3.00. The van der Waals surface area contributed by atoms with Crippen LogP contribution in [0.4, 0.5) is 5.69 Å². The number of hydrogen-bond donors (Lipinski definition) is 1. The van der Waals surface area contributed by atoms with Gasteiger partial charge in [0, 0.05) is 12.6 Å². The van der Waals surface area contributed by atoms with Gasteiger partial charge in [0.2, 0.25) is 0 Å². The zero-order valence-corrected chi connectivity index (χ0v) is 15.1. The number of hydrogen-bond acceptors (Lipinski definition) is 5. The van der Waals surface area contributed by atoms with E-state index in [-0.39, 0.29) is 11.9 Å². The number of nitrogens with one attached hydrogen (secondary N) is 1. The van der Waals surface area contributed by atoms with Crippen molar-refractivity contribution in [3.8, 4) is 23.0 Å². The maximum Gasteiger partial charge on any atom is 0.322 e. The van der Waals surface area contributed by atoms with Crippen LogP contribution in [0.3, 0.4) is 0 Å². The van der Waals surface area contributed by atoms with E-state index >= 15 is 0 Å². The maximum absolute atomic E-state index is 12.6. The van der Waals surface area contributed by atoms with Crippen LogP contribution in [0.2, 0.25) is 0 Å². The standard InChI is InChI=1S/C21H17N5O2/c1-26-19(12-18(25-26)15-8-4-2-5-9-15)20(27)24-16-13-22-21(23-14-16)28-17-10-6-3-7-11-17/h2-14H,1H3,(H,24,27). The van der Waals surface area contributed by atoms with Crippen LogP contribution in [-0.4, -0.2) is 25.7 Å². The molecule has 28 heavy (non-hydrogen) atoms. The lowest BCUT2D eigenvalue weighted by Gasteiger charge is -2.06. The highest BCUT2D eigenvalue weighted by Gasteiger charge is 2.15. The molecule has 0 unspecified atom stereocenters.